The number of hydrogen-bond donors (Lipinski definition) is 1. The van der Waals surface area contributed by atoms with Crippen LogP contribution in [0, 0.1) is 31.1 Å². The van der Waals surface area contributed by atoms with Crippen LogP contribution in [0.5, 0.6) is 0 Å². The third-order valence-corrected chi connectivity index (χ3v) is 5.48. The van der Waals surface area contributed by atoms with Gasteiger partial charge in [-0.3, -0.25) is 4.79 Å². The van der Waals surface area contributed by atoms with Crippen LogP contribution < -0.4 is 5.32 Å². The minimum absolute atomic E-state index is 0.00539. The Morgan fingerprint density at radius 3 is 2.62 bits per heavy atom. The Morgan fingerprint density at radius 1 is 1.35 bits per heavy atom. The predicted octanol–water partition coefficient (Wildman–Crippen LogP) is 2.81. The van der Waals surface area contributed by atoms with Crippen LogP contribution in [0.2, 0.25) is 0 Å². The van der Waals surface area contributed by atoms with Gasteiger partial charge >= 0.3 is 0 Å². The number of nitriles is 1. The van der Waals surface area contributed by atoms with E-state index in [1.165, 1.54) is 11.8 Å². The van der Waals surface area contributed by atoms with Gasteiger partial charge in [-0.05, 0) is 55.7 Å². The topological polar surface area (TPSA) is 96.5 Å². The van der Waals surface area contributed by atoms with E-state index in [0.29, 0.717) is 5.16 Å². The number of hydrogen-bond acceptors (Lipinski definition) is 6. The first-order chi connectivity index (χ1) is 12.2. The number of thioether (sulfide) groups is 1. The summed E-state index contributed by atoms with van der Waals surface area (Å²) in [5, 5.41) is 24.2. The zero-order chi connectivity index (χ0) is 19.5. The first-order valence-corrected chi connectivity index (χ1v) is 9.32. The van der Waals surface area contributed by atoms with E-state index in [0.717, 1.165) is 16.8 Å². The van der Waals surface area contributed by atoms with Gasteiger partial charge in [-0.2, -0.15) is 9.94 Å². The zero-order valence-electron chi connectivity index (χ0n) is 15.9. The maximum absolute atomic E-state index is 12.5. The number of carbonyl (C=O) groups excluding carboxylic acids is 1. The van der Waals surface area contributed by atoms with Crippen LogP contribution in [-0.4, -0.2) is 36.9 Å². The second kappa shape index (κ2) is 7.87. The molecule has 1 amide bonds. The highest BCUT2D eigenvalue weighted by molar-refractivity contribution is 8.00. The summed E-state index contributed by atoms with van der Waals surface area (Å²) in [6.07, 6.45) is 0. The summed E-state index contributed by atoms with van der Waals surface area (Å²) in [6, 6.07) is 8.20. The molecule has 138 valence electrons. The molecule has 26 heavy (non-hydrogen) atoms. The molecular formula is C18H24N6OS. The summed E-state index contributed by atoms with van der Waals surface area (Å²) >= 11 is 1.26. The quantitative estimate of drug-likeness (QED) is 0.783. The van der Waals surface area contributed by atoms with Gasteiger partial charge in [0.25, 0.3) is 0 Å². The normalized spacial score (nSPS) is 14.5. The van der Waals surface area contributed by atoms with E-state index < -0.39 is 10.8 Å². The second-order valence-electron chi connectivity index (χ2n) is 6.88. The Kier molecular flexibility index (Phi) is 6.03. The van der Waals surface area contributed by atoms with Crippen molar-refractivity contribution in [3.05, 3.63) is 29.3 Å². The van der Waals surface area contributed by atoms with Crippen LogP contribution in [0.25, 0.3) is 5.69 Å². The molecule has 0 bridgehead atoms. The molecular weight excluding hydrogens is 348 g/mol. The lowest BCUT2D eigenvalue weighted by atomic mass is 9.90. The summed E-state index contributed by atoms with van der Waals surface area (Å²) < 4.78 is 1.63. The Bertz CT molecular complexity index is 840. The average Bonchev–Trinajstić information content (AvgIpc) is 3.02. The smallest absolute Gasteiger partial charge is 0.234 e. The number of benzene rings is 1. The molecule has 1 N–H and O–H groups in total. The number of tetrazole rings is 1. The van der Waals surface area contributed by atoms with Gasteiger partial charge in [-0.25, -0.2) is 0 Å². The van der Waals surface area contributed by atoms with Crippen LogP contribution in [0.15, 0.2) is 23.4 Å². The van der Waals surface area contributed by atoms with Gasteiger partial charge < -0.3 is 5.32 Å². The molecule has 7 nitrogen and oxygen atoms in total. The molecule has 8 heteroatoms. The fourth-order valence-corrected chi connectivity index (χ4v) is 3.12. The van der Waals surface area contributed by atoms with Gasteiger partial charge in [0.2, 0.25) is 11.1 Å². The van der Waals surface area contributed by atoms with E-state index in [1.54, 1.807) is 18.5 Å². The zero-order valence-corrected chi connectivity index (χ0v) is 16.8. The van der Waals surface area contributed by atoms with Crippen LogP contribution in [0.1, 0.15) is 38.8 Å². The summed E-state index contributed by atoms with van der Waals surface area (Å²) in [7, 11) is 0. The van der Waals surface area contributed by atoms with Crippen molar-refractivity contribution in [1.82, 2.24) is 25.5 Å². The molecule has 0 aliphatic rings. The number of amides is 1. The molecule has 1 aromatic carbocycles. The minimum atomic E-state index is -0.911. The van der Waals surface area contributed by atoms with E-state index in [9.17, 15) is 10.1 Å². The maximum atomic E-state index is 12.5. The van der Waals surface area contributed by atoms with Crippen molar-refractivity contribution in [2.45, 2.75) is 57.5 Å². The summed E-state index contributed by atoms with van der Waals surface area (Å²) in [4.78, 5) is 12.5. The van der Waals surface area contributed by atoms with Gasteiger partial charge in [0.1, 0.15) is 5.54 Å². The monoisotopic (exact) mass is 372 g/mol. The molecule has 0 radical (unpaired) electrons. The largest absolute Gasteiger partial charge is 0.337 e. The number of rotatable bonds is 6. The molecule has 2 atom stereocenters. The van der Waals surface area contributed by atoms with Crippen molar-refractivity contribution >= 4 is 17.7 Å². The third kappa shape index (κ3) is 4.22. The summed E-state index contributed by atoms with van der Waals surface area (Å²) in [6.45, 7) is 11.3. The van der Waals surface area contributed by atoms with Crippen LogP contribution >= 0.6 is 11.8 Å². The SMILES string of the molecule is Cc1ccc(-n2nnnc2S[C@H](C)C(=O)N[C@@](C)(C#N)C(C)C)c(C)c1. The molecule has 0 unspecified atom stereocenters. The summed E-state index contributed by atoms with van der Waals surface area (Å²) in [5.41, 5.74) is 2.17. The van der Waals surface area contributed by atoms with Crippen LogP contribution in [0.3, 0.4) is 0 Å². The van der Waals surface area contributed by atoms with E-state index in [4.69, 9.17) is 0 Å². The fraction of sp³-hybridized carbons (Fsp3) is 0.500. The number of nitrogens with one attached hydrogen (secondary N) is 1. The highest BCUT2D eigenvalue weighted by atomic mass is 32.2. The van der Waals surface area contributed by atoms with Crippen LogP contribution in [-0.2, 0) is 4.79 Å². The third-order valence-electron chi connectivity index (χ3n) is 4.44. The Hall–Kier alpha value is -2.40. The molecule has 0 saturated heterocycles. The maximum Gasteiger partial charge on any atom is 0.234 e. The van der Waals surface area contributed by atoms with E-state index in [2.05, 4.69) is 33.0 Å². The summed E-state index contributed by atoms with van der Waals surface area (Å²) in [5.74, 6) is -0.225. The van der Waals surface area contributed by atoms with Gasteiger partial charge in [0, 0.05) is 0 Å². The van der Waals surface area contributed by atoms with Gasteiger partial charge in [-0.15, -0.1) is 5.10 Å². The molecule has 1 aromatic heterocycles. The Balaban J connectivity index is 2.18. The highest BCUT2D eigenvalue weighted by Gasteiger charge is 2.32. The standard InChI is InChI=1S/C18H24N6OS/c1-11(2)18(6,10-19)20-16(25)14(5)26-17-21-22-23-24(17)15-8-7-12(3)9-13(15)4/h7-9,11,14H,1-6H3,(H,20,25)/t14-,18+/m1/s1. The van der Waals surface area contributed by atoms with Crippen molar-refractivity contribution in [3.8, 4) is 11.8 Å². The molecule has 1 heterocycles. The molecule has 0 aliphatic heterocycles. The minimum Gasteiger partial charge on any atom is -0.337 e. The Labute approximate surface area is 158 Å². The lowest BCUT2D eigenvalue weighted by Gasteiger charge is -2.28. The molecule has 2 rings (SSSR count). The predicted molar refractivity (Wildman–Crippen MR) is 101 cm³/mol. The molecule has 0 aliphatic carbocycles. The van der Waals surface area contributed by atoms with Crippen molar-refractivity contribution < 1.29 is 4.79 Å². The van der Waals surface area contributed by atoms with E-state index >= 15 is 0 Å². The average molecular weight is 372 g/mol. The number of carbonyl (C=O) groups is 1. The number of aromatic nitrogens is 4. The number of aryl methyl sites for hydroxylation is 2. The van der Waals surface area contributed by atoms with Gasteiger partial charge in [0.05, 0.1) is 17.0 Å². The second-order valence-corrected chi connectivity index (χ2v) is 8.19. The van der Waals surface area contributed by atoms with Crippen molar-refractivity contribution in [3.63, 3.8) is 0 Å². The first kappa shape index (κ1) is 19.9. The lowest BCUT2D eigenvalue weighted by molar-refractivity contribution is -0.121. The fourth-order valence-electron chi connectivity index (χ4n) is 2.32. The molecule has 0 saturated carbocycles. The molecule has 0 spiro atoms. The van der Waals surface area contributed by atoms with Crippen molar-refractivity contribution in [1.29, 1.82) is 5.26 Å². The van der Waals surface area contributed by atoms with Gasteiger partial charge in [0.15, 0.2) is 0 Å². The van der Waals surface area contributed by atoms with E-state index in [1.807, 2.05) is 39.8 Å². The molecule has 2 aromatic rings. The van der Waals surface area contributed by atoms with Crippen molar-refractivity contribution in [2.75, 3.05) is 0 Å². The van der Waals surface area contributed by atoms with Crippen LogP contribution in [0.4, 0.5) is 0 Å². The lowest BCUT2D eigenvalue weighted by Crippen LogP contribution is -2.51. The van der Waals surface area contributed by atoms with Crippen molar-refractivity contribution in [2.24, 2.45) is 5.92 Å². The highest BCUT2D eigenvalue weighted by Crippen LogP contribution is 2.26. The first-order valence-electron chi connectivity index (χ1n) is 8.44. The number of nitrogens with zero attached hydrogens (tertiary/aromatic N) is 5. The molecule has 0 fully saturated rings. The van der Waals surface area contributed by atoms with Gasteiger partial charge in [-0.1, -0.05) is 43.3 Å². The Morgan fingerprint density at radius 2 is 2.04 bits per heavy atom. The van der Waals surface area contributed by atoms with E-state index in [-0.39, 0.29) is 11.8 Å².